The number of ether oxygens (including phenoxy) is 1. The topological polar surface area (TPSA) is 96.0 Å². The van der Waals surface area contributed by atoms with E-state index in [0.717, 1.165) is 41.1 Å². The van der Waals surface area contributed by atoms with Crippen LogP contribution in [0.5, 0.6) is 5.75 Å². The first-order valence-electron chi connectivity index (χ1n) is 15.9. The lowest BCUT2D eigenvalue weighted by atomic mass is 10.0. The van der Waals surface area contributed by atoms with Crippen molar-refractivity contribution >= 4 is 50.7 Å². The second kappa shape index (κ2) is 15.9. The van der Waals surface area contributed by atoms with E-state index in [2.05, 4.69) is 5.32 Å². The van der Waals surface area contributed by atoms with Crippen molar-refractivity contribution < 1.29 is 22.7 Å². The number of nitrogens with zero attached hydrogens (tertiary/aromatic N) is 2. The number of aryl methyl sites for hydroxylation is 1. The molecule has 1 aliphatic rings. The van der Waals surface area contributed by atoms with Gasteiger partial charge in [-0.1, -0.05) is 96.7 Å². The van der Waals surface area contributed by atoms with Gasteiger partial charge in [-0.05, 0) is 67.3 Å². The lowest BCUT2D eigenvalue weighted by Gasteiger charge is -2.35. The van der Waals surface area contributed by atoms with Crippen LogP contribution in [-0.4, -0.2) is 50.9 Å². The minimum atomic E-state index is -4.29. The zero-order valence-electron chi connectivity index (χ0n) is 26.9. The number of halogens is 2. The first kappa shape index (κ1) is 35.3. The Morgan fingerprint density at radius 3 is 2.15 bits per heavy atom. The summed E-state index contributed by atoms with van der Waals surface area (Å²) in [7, 11) is -2.85. The van der Waals surface area contributed by atoms with E-state index in [-0.39, 0.29) is 41.2 Å². The van der Waals surface area contributed by atoms with Crippen molar-refractivity contribution in [3.63, 3.8) is 0 Å². The molecule has 48 heavy (non-hydrogen) atoms. The standard InChI is InChI=1S/C37H39Cl2N3O5S/c1-26-20-21-35(47-2)33(22-26)42(48(45,46)29-16-7-4-8-17-29)25-36(43)41(24-30-31(38)18-11-19-32(30)39)34(23-27-12-5-3-6-13-27)37(44)40-28-14-9-10-15-28/h3-8,11-13,16-22,28,34H,9-10,14-15,23-25H2,1-2H3,(H,40,44)/t34-/m0/s1. The Labute approximate surface area is 292 Å². The maximum atomic E-state index is 14.8. The molecule has 0 aliphatic heterocycles. The number of benzene rings is 4. The molecule has 5 rings (SSSR count). The van der Waals surface area contributed by atoms with Crippen LogP contribution in [0.3, 0.4) is 0 Å². The molecular formula is C37H39Cl2N3O5S. The zero-order valence-corrected chi connectivity index (χ0v) is 29.3. The summed E-state index contributed by atoms with van der Waals surface area (Å²) in [5.41, 5.74) is 2.25. The molecule has 4 aromatic carbocycles. The minimum absolute atomic E-state index is 0.00173. The fourth-order valence-electron chi connectivity index (χ4n) is 6.00. The number of carbonyl (C=O) groups is 2. The van der Waals surface area contributed by atoms with Crippen molar-refractivity contribution in [2.75, 3.05) is 18.0 Å². The van der Waals surface area contributed by atoms with Crippen molar-refractivity contribution in [1.82, 2.24) is 10.2 Å². The fraction of sp³-hybridized carbons (Fsp3) is 0.297. The van der Waals surface area contributed by atoms with Crippen LogP contribution in [0.2, 0.25) is 10.0 Å². The molecule has 0 spiro atoms. The van der Waals surface area contributed by atoms with Crippen LogP contribution in [-0.2, 0) is 32.6 Å². The predicted molar refractivity (Wildman–Crippen MR) is 190 cm³/mol. The Bertz CT molecular complexity index is 1810. The van der Waals surface area contributed by atoms with Gasteiger partial charge in [-0.15, -0.1) is 0 Å². The number of methoxy groups -OCH3 is 1. The molecule has 0 unspecified atom stereocenters. The van der Waals surface area contributed by atoms with Gasteiger partial charge in [0.25, 0.3) is 10.0 Å². The molecule has 1 fully saturated rings. The van der Waals surface area contributed by atoms with E-state index < -0.39 is 28.5 Å². The Kier molecular flexibility index (Phi) is 11.7. The van der Waals surface area contributed by atoms with Crippen LogP contribution >= 0.6 is 23.2 Å². The Morgan fingerprint density at radius 2 is 1.52 bits per heavy atom. The highest BCUT2D eigenvalue weighted by atomic mass is 35.5. The first-order chi connectivity index (χ1) is 23.1. The average Bonchev–Trinajstić information content (AvgIpc) is 3.60. The molecule has 252 valence electrons. The van der Waals surface area contributed by atoms with Crippen LogP contribution in [0.15, 0.2) is 102 Å². The largest absolute Gasteiger partial charge is 0.495 e. The minimum Gasteiger partial charge on any atom is -0.495 e. The second-order valence-corrected chi connectivity index (χ2v) is 14.6. The van der Waals surface area contributed by atoms with Crippen LogP contribution in [0.25, 0.3) is 0 Å². The van der Waals surface area contributed by atoms with Crippen molar-refractivity contribution in [3.05, 3.63) is 124 Å². The van der Waals surface area contributed by atoms with Gasteiger partial charge in [-0.25, -0.2) is 8.42 Å². The molecule has 8 nitrogen and oxygen atoms in total. The average molecular weight is 709 g/mol. The number of rotatable bonds is 13. The third kappa shape index (κ3) is 8.32. The molecule has 0 radical (unpaired) electrons. The normalized spacial score (nSPS) is 13.9. The second-order valence-electron chi connectivity index (χ2n) is 11.9. The van der Waals surface area contributed by atoms with E-state index in [4.69, 9.17) is 27.9 Å². The summed E-state index contributed by atoms with van der Waals surface area (Å²) in [4.78, 5) is 30.4. The van der Waals surface area contributed by atoms with Gasteiger partial charge in [0.1, 0.15) is 18.3 Å². The summed E-state index contributed by atoms with van der Waals surface area (Å²) in [6.45, 7) is 1.07. The number of nitrogens with one attached hydrogen (secondary N) is 1. The summed E-state index contributed by atoms with van der Waals surface area (Å²) >= 11 is 13.3. The van der Waals surface area contributed by atoms with Crippen LogP contribution in [0.1, 0.15) is 42.4 Å². The molecule has 1 N–H and O–H groups in total. The highest BCUT2D eigenvalue weighted by Crippen LogP contribution is 2.34. The number of sulfonamides is 1. The molecule has 2 amide bonds. The lowest BCUT2D eigenvalue weighted by molar-refractivity contribution is -0.140. The van der Waals surface area contributed by atoms with Crippen LogP contribution in [0.4, 0.5) is 5.69 Å². The van der Waals surface area contributed by atoms with Gasteiger partial charge in [0.2, 0.25) is 11.8 Å². The van der Waals surface area contributed by atoms with Gasteiger partial charge >= 0.3 is 0 Å². The first-order valence-corrected chi connectivity index (χ1v) is 18.1. The monoisotopic (exact) mass is 707 g/mol. The Balaban J connectivity index is 1.63. The molecule has 1 atom stereocenters. The quantitative estimate of drug-likeness (QED) is 0.159. The van der Waals surface area contributed by atoms with E-state index in [9.17, 15) is 18.0 Å². The summed E-state index contributed by atoms with van der Waals surface area (Å²) in [5, 5.41) is 3.81. The molecule has 1 saturated carbocycles. The van der Waals surface area contributed by atoms with Gasteiger partial charge < -0.3 is 15.0 Å². The SMILES string of the molecule is COc1ccc(C)cc1N(CC(=O)N(Cc1c(Cl)cccc1Cl)[C@@H](Cc1ccccc1)C(=O)NC1CCCC1)S(=O)(=O)c1ccccc1. The fourth-order valence-corrected chi connectivity index (χ4v) is 7.96. The van der Waals surface area contributed by atoms with Crippen molar-refractivity contribution in [3.8, 4) is 5.75 Å². The Hall–Kier alpha value is -4.05. The van der Waals surface area contributed by atoms with E-state index >= 15 is 0 Å². The molecule has 0 bridgehead atoms. The molecule has 0 aromatic heterocycles. The van der Waals surface area contributed by atoms with Gasteiger partial charge in [0.15, 0.2) is 0 Å². The summed E-state index contributed by atoms with van der Waals surface area (Å²) < 4.78 is 35.3. The lowest BCUT2D eigenvalue weighted by Crippen LogP contribution is -2.54. The third-order valence-electron chi connectivity index (χ3n) is 8.58. The molecular weight excluding hydrogens is 669 g/mol. The van der Waals surface area contributed by atoms with Gasteiger partial charge in [-0.2, -0.15) is 0 Å². The molecule has 1 aliphatic carbocycles. The van der Waals surface area contributed by atoms with Crippen LogP contribution < -0.4 is 14.4 Å². The maximum Gasteiger partial charge on any atom is 0.264 e. The number of hydrogen-bond acceptors (Lipinski definition) is 5. The molecule has 11 heteroatoms. The number of amides is 2. The number of hydrogen-bond donors (Lipinski definition) is 1. The van der Waals surface area contributed by atoms with Gasteiger partial charge in [0, 0.05) is 34.6 Å². The van der Waals surface area contributed by atoms with Crippen molar-refractivity contribution in [2.24, 2.45) is 0 Å². The summed E-state index contributed by atoms with van der Waals surface area (Å²) in [5.74, 6) is -0.669. The smallest absolute Gasteiger partial charge is 0.264 e. The summed E-state index contributed by atoms with van der Waals surface area (Å²) in [6, 6.07) is 26.5. The van der Waals surface area contributed by atoms with Crippen molar-refractivity contribution in [1.29, 1.82) is 0 Å². The Morgan fingerprint density at radius 1 is 0.896 bits per heavy atom. The number of carbonyl (C=O) groups excluding carboxylic acids is 2. The highest BCUT2D eigenvalue weighted by molar-refractivity contribution is 7.92. The van der Waals surface area contributed by atoms with Crippen LogP contribution in [0, 0.1) is 6.92 Å². The van der Waals surface area contributed by atoms with E-state index in [1.54, 1.807) is 54.6 Å². The van der Waals surface area contributed by atoms with E-state index in [1.807, 2.05) is 37.3 Å². The van der Waals surface area contributed by atoms with Gasteiger partial charge in [0.05, 0.1) is 17.7 Å². The third-order valence-corrected chi connectivity index (χ3v) is 11.1. The molecule has 0 saturated heterocycles. The van der Waals surface area contributed by atoms with E-state index in [1.165, 1.54) is 24.1 Å². The summed E-state index contributed by atoms with van der Waals surface area (Å²) in [6.07, 6.45) is 3.91. The molecule has 0 heterocycles. The predicted octanol–water partition coefficient (Wildman–Crippen LogP) is 7.20. The van der Waals surface area contributed by atoms with Crippen molar-refractivity contribution in [2.45, 2.75) is 62.6 Å². The van der Waals surface area contributed by atoms with Gasteiger partial charge in [-0.3, -0.25) is 13.9 Å². The highest BCUT2D eigenvalue weighted by Gasteiger charge is 2.37. The molecule has 4 aromatic rings. The van der Waals surface area contributed by atoms with E-state index in [0.29, 0.717) is 15.6 Å². The zero-order chi connectivity index (χ0) is 34.3. The maximum absolute atomic E-state index is 14.8. The number of anilines is 1.